The lowest BCUT2D eigenvalue weighted by molar-refractivity contribution is -0.153. The van der Waals surface area contributed by atoms with E-state index in [0.717, 1.165) is 48.6 Å². The van der Waals surface area contributed by atoms with Gasteiger partial charge in [0.15, 0.2) is 0 Å². The summed E-state index contributed by atoms with van der Waals surface area (Å²) in [5, 5.41) is 11.9. The van der Waals surface area contributed by atoms with E-state index in [4.69, 9.17) is 19.5 Å². The Bertz CT molecular complexity index is 883. The number of esters is 1. The van der Waals surface area contributed by atoms with E-state index in [1.54, 1.807) is 5.64 Å². The monoisotopic (exact) mass is 580 g/mol. The Labute approximate surface area is 248 Å². The SMILES string of the molecule is C=C(C)Nc1cc(CCC(=O)OCOC(=O)N2CCC[C@H]2CONO)ccc1N(CC(C)C)CC(C)C.CC.CC. The quantitative estimate of drug-likeness (QED) is 0.118. The summed E-state index contributed by atoms with van der Waals surface area (Å²) in [6, 6.07) is 5.99. The fourth-order valence-electron chi connectivity index (χ4n) is 4.43. The maximum Gasteiger partial charge on any atom is 0.412 e. The minimum atomic E-state index is -0.574. The van der Waals surface area contributed by atoms with Crippen LogP contribution in [0.1, 0.15) is 87.1 Å². The Morgan fingerprint density at radius 1 is 1.10 bits per heavy atom. The average Bonchev–Trinajstić information content (AvgIpc) is 3.40. The molecule has 1 aromatic carbocycles. The first-order chi connectivity index (χ1) is 19.6. The molecule has 1 aliphatic heterocycles. The van der Waals surface area contributed by atoms with Crippen molar-refractivity contribution < 1.29 is 29.1 Å². The number of rotatable bonds is 15. The fraction of sp³-hybridized carbons (Fsp3) is 0.677. The van der Waals surface area contributed by atoms with E-state index in [1.165, 1.54) is 4.90 Å². The molecule has 1 heterocycles. The number of carbonyl (C=O) groups is 2. The van der Waals surface area contributed by atoms with Gasteiger partial charge in [0.1, 0.15) is 0 Å². The van der Waals surface area contributed by atoms with Crippen molar-refractivity contribution in [3.8, 4) is 0 Å². The lowest BCUT2D eigenvalue weighted by atomic mass is 10.0. The summed E-state index contributed by atoms with van der Waals surface area (Å²) < 4.78 is 10.2. The average molecular weight is 581 g/mol. The standard InChI is InChI=1S/C27H44N4O6.2C2H6/c1-19(2)15-30(16-20(3)4)25-11-9-22(14-24(25)28-21(5)6)10-12-26(32)35-18-36-27(33)31-13-7-8-23(31)17-37-29-34;2*1-2/h9,11,14,19-20,23,28-29,34H,5,7-8,10,12-13,15-18H2,1-4,6H3;2*1-2H3/t23-;;/m0../s1. The van der Waals surface area contributed by atoms with Gasteiger partial charge < -0.3 is 24.6 Å². The number of allylic oxidation sites excluding steroid dienone is 1. The first-order valence-corrected chi connectivity index (χ1v) is 15.0. The van der Waals surface area contributed by atoms with Gasteiger partial charge in [0.05, 0.1) is 24.0 Å². The molecule has 1 aromatic rings. The molecule has 1 amide bonds. The van der Waals surface area contributed by atoms with Crippen LogP contribution >= 0.6 is 0 Å². The third-order valence-corrected chi connectivity index (χ3v) is 5.89. The predicted octanol–water partition coefficient (Wildman–Crippen LogP) is 6.75. The third-order valence-electron chi connectivity index (χ3n) is 5.89. The molecule has 1 fully saturated rings. The van der Waals surface area contributed by atoms with Crippen LogP contribution < -0.4 is 15.9 Å². The lowest BCUT2D eigenvalue weighted by Crippen LogP contribution is -2.40. The Morgan fingerprint density at radius 2 is 1.73 bits per heavy atom. The van der Waals surface area contributed by atoms with E-state index in [1.807, 2.05) is 40.7 Å². The highest BCUT2D eigenvalue weighted by Gasteiger charge is 2.30. The van der Waals surface area contributed by atoms with Gasteiger partial charge in [-0.15, -0.1) is 0 Å². The molecule has 10 nitrogen and oxygen atoms in total. The summed E-state index contributed by atoms with van der Waals surface area (Å²) in [4.78, 5) is 33.2. The van der Waals surface area contributed by atoms with Crippen LogP contribution in [-0.4, -0.2) is 61.2 Å². The molecule has 0 saturated carbocycles. The first-order valence-electron chi connectivity index (χ1n) is 15.0. The van der Waals surface area contributed by atoms with Gasteiger partial charge in [0, 0.05) is 31.8 Å². The molecule has 0 radical (unpaired) electrons. The largest absolute Gasteiger partial charge is 0.428 e. The number of anilines is 2. The summed E-state index contributed by atoms with van der Waals surface area (Å²) in [6.07, 6.45) is 1.63. The van der Waals surface area contributed by atoms with E-state index in [9.17, 15) is 9.59 Å². The molecular weight excluding hydrogens is 524 g/mol. The van der Waals surface area contributed by atoms with Gasteiger partial charge in [-0.2, -0.15) is 0 Å². The van der Waals surface area contributed by atoms with E-state index >= 15 is 0 Å². The van der Waals surface area contributed by atoms with E-state index < -0.39 is 18.9 Å². The molecule has 0 bridgehead atoms. The van der Waals surface area contributed by atoms with Crippen molar-refractivity contribution in [2.45, 2.75) is 94.0 Å². The Kier molecular flexibility index (Phi) is 20.4. The van der Waals surface area contributed by atoms with Gasteiger partial charge in [0.25, 0.3) is 0 Å². The maximum atomic E-state index is 12.3. The smallest absolute Gasteiger partial charge is 0.412 e. The molecule has 2 rings (SSSR count). The van der Waals surface area contributed by atoms with Crippen LogP contribution in [0.2, 0.25) is 0 Å². The zero-order valence-electron chi connectivity index (χ0n) is 26.9. The van der Waals surface area contributed by atoms with Gasteiger partial charge in [-0.25, -0.2) is 4.79 Å². The van der Waals surface area contributed by atoms with Gasteiger partial charge in [-0.05, 0) is 55.7 Å². The summed E-state index contributed by atoms with van der Waals surface area (Å²) in [7, 11) is 0. The molecule has 1 aliphatic rings. The molecular formula is C31H56N4O6. The number of ether oxygens (including phenoxy) is 2. The van der Waals surface area contributed by atoms with Crippen LogP contribution in [0.5, 0.6) is 0 Å². The summed E-state index contributed by atoms with van der Waals surface area (Å²) in [5.41, 5.74) is 5.53. The fourth-order valence-corrected chi connectivity index (χ4v) is 4.43. The van der Waals surface area contributed by atoms with Crippen LogP contribution in [-0.2, 0) is 25.5 Å². The molecule has 3 N–H and O–H groups in total. The zero-order valence-corrected chi connectivity index (χ0v) is 26.9. The lowest BCUT2D eigenvalue weighted by Gasteiger charge is -2.31. The maximum absolute atomic E-state index is 12.3. The summed E-state index contributed by atoms with van der Waals surface area (Å²) in [5.74, 6) is 0.586. The van der Waals surface area contributed by atoms with Crippen molar-refractivity contribution in [3.05, 3.63) is 36.0 Å². The van der Waals surface area contributed by atoms with Crippen LogP contribution in [0.25, 0.3) is 0 Å². The molecule has 41 heavy (non-hydrogen) atoms. The number of benzene rings is 1. The number of hydrogen-bond donors (Lipinski definition) is 3. The molecule has 1 saturated heterocycles. The second kappa shape index (κ2) is 21.9. The van der Waals surface area contributed by atoms with E-state index in [2.05, 4.69) is 56.6 Å². The van der Waals surface area contributed by atoms with Crippen molar-refractivity contribution in [3.63, 3.8) is 0 Å². The molecule has 1 atom stereocenters. The van der Waals surface area contributed by atoms with Crippen molar-refractivity contribution in [2.75, 3.05) is 43.3 Å². The normalized spacial score (nSPS) is 14.0. The van der Waals surface area contributed by atoms with Crippen LogP contribution in [0.3, 0.4) is 0 Å². The van der Waals surface area contributed by atoms with Gasteiger partial charge in [-0.1, -0.05) is 73.7 Å². The third kappa shape index (κ3) is 15.1. The van der Waals surface area contributed by atoms with E-state index in [0.29, 0.717) is 24.8 Å². The molecule has 10 heteroatoms. The Balaban J connectivity index is 0.00000382. The Hall–Kier alpha value is -2.82. The van der Waals surface area contributed by atoms with Crippen molar-refractivity contribution in [1.29, 1.82) is 0 Å². The number of amides is 1. The number of likely N-dealkylation sites (tertiary alicyclic amines) is 1. The molecule has 0 spiro atoms. The van der Waals surface area contributed by atoms with Gasteiger partial charge in [0.2, 0.25) is 6.79 Å². The number of nitrogens with one attached hydrogen (secondary N) is 2. The second-order valence-corrected chi connectivity index (χ2v) is 10.4. The minimum absolute atomic E-state index is 0.138. The van der Waals surface area contributed by atoms with Crippen molar-refractivity contribution in [2.24, 2.45) is 11.8 Å². The molecule has 236 valence electrons. The highest BCUT2D eigenvalue weighted by molar-refractivity contribution is 5.74. The Morgan fingerprint density at radius 3 is 2.29 bits per heavy atom. The van der Waals surface area contributed by atoms with Gasteiger partial charge in [-0.3, -0.25) is 14.8 Å². The molecule has 0 aliphatic carbocycles. The highest BCUT2D eigenvalue weighted by atomic mass is 16.8. The topological polar surface area (TPSA) is 113 Å². The summed E-state index contributed by atoms with van der Waals surface area (Å²) in [6.45, 7) is 24.9. The predicted molar refractivity (Wildman–Crippen MR) is 166 cm³/mol. The second-order valence-electron chi connectivity index (χ2n) is 10.4. The molecule has 0 unspecified atom stereocenters. The van der Waals surface area contributed by atoms with E-state index in [-0.39, 0.29) is 19.1 Å². The van der Waals surface area contributed by atoms with Crippen LogP contribution in [0.4, 0.5) is 16.2 Å². The summed E-state index contributed by atoms with van der Waals surface area (Å²) >= 11 is 0. The van der Waals surface area contributed by atoms with Crippen molar-refractivity contribution in [1.82, 2.24) is 10.5 Å². The number of nitrogens with zero attached hydrogens (tertiary/aromatic N) is 2. The number of aryl methyl sites for hydroxylation is 1. The van der Waals surface area contributed by atoms with Crippen molar-refractivity contribution >= 4 is 23.4 Å². The first kappa shape index (κ1) is 38.2. The molecule has 0 aromatic heterocycles. The number of carbonyl (C=O) groups excluding carboxylic acids is 2. The van der Waals surface area contributed by atoms with Crippen LogP contribution in [0, 0.1) is 11.8 Å². The highest BCUT2D eigenvalue weighted by Crippen LogP contribution is 2.30. The minimum Gasteiger partial charge on any atom is -0.428 e. The van der Waals surface area contributed by atoms with Gasteiger partial charge >= 0.3 is 12.1 Å². The number of hydrogen-bond acceptors (Lipinski definition) is 9. The zero-order chi connectivity index (χ0) is 31.4. The van der Waals surface area contributed by atoms with Crippen LogP contribution in [0.15, 0.2) is 30.5 Å².